The van der Waals surface area contributed by atoms with Gasteiger partial charge in [-0.2, -0.15) is 0 Å². The minimum Gasteiger partial charge on any atom is -0.497 e. The molecular weight excluding hydrogens is 388 g/mol. The van der Waals surface area contributed by atoms with E-state index in [0.717, 1.165) is 0 Å². The number of amides is 2. The molecule has 0 aliphatic heterocycles. The molecule has 0 radical (unpaired) electrons. The third kappa shape index (κ3) is 5.05. The van der Waals surface area contributed by atoms with Crippen LogP contribution in [0, 0.1) is 0 Å². The molecule has 0 bridgehead atoms. The van der Waals surface area contributed by atoms with Gasteiger partial charge in [-0.25, -0.2) is 4.79 Å². The average molecular weight is 408 g/mol. The smallest absolute Gasteiger partial charge is 0.341 e. The molecule has 0 saturated heterocycles. The number of hydrogen-bond acceptors (Lipinski definition) is 6. The van der Waals surface area contributed by atoms with Crippen LogP contribution in [0.15, 0.2) is 71.3 Å². The standard InChI is InChI=1S/C22H20N2O6/c1-14(20(25)23-15-9-11-16(28-2)12-10-15)30-22(27)17-6-3-4-7-18(17)24-21(26)19-8-5-13-29-19/h3-14H,1-2H3,(H,23,25)(H,24,26)/t14-/m0/s1. The topological polar surface area (TPSA) is 107 Å². The van der Waals surface area contributed by atoms with Gasteiger partial charge >= 0.3 is 5.97 Å². The molecule has 30 heavy (non-hydrogen) atoms. The van der Waals surface area contributed by atoms with Crippen LogP contribution in [0.4, 0.5) is 11.4 Å². The average Bonchev–Trinajstić information content (AvgIpc) is 3.29. The number of carbonyl (C=O) groups is 3. The van der Waals surface area contributed by atoms with Crippen LogP contribution in [0.1, 0.15) is 27.8 Å². The summed E-state index contributed by atoms with van der Waals surface area (Å²) in [4.78, 5) is 37.1. The van der Waals surface area contributed by atoms with Crippen molar-refractivity contribution in [3.05, 3.63) is 78.3 Å². The van der Waals surface area contributed by atoms with Gasteiger partial charge in [-0.3, -0.25) is 9.59 Å². The van der Waals surface area contributed by atoms with Gasteiger partial charge in [0.15, 0.2) is 11.9 Å². The Labute approximate surface area is 172 Å². The van der Waals surface area contributed by atoms with Crippen LogP contribution in [-0.4, -0.2) is 31.0 Å². The first-order chi connectivity index (χ1) is 14.5. The molecule has 3 rings (SSSR count). The summed E-state index contributed by atoms with van der Waals surface area (Å²) in [5.41, 5.74) is 0.892. The second kappa shape index (κ2) is 9.42. The molecule has 2 aromatic carbocycles. The summed E-state index contributed by atoms with van der Waals surface area (Å²) < 4.78 is 15.4. The molecule has 0 unspecified atom stereocenters. The molecule has 1 aromatic heterocycles. The molecule has 8 nitrogen and oxygen atoms in total. The SMILES string of the molecule is COc1ccc(NC(=O)[C@H](C)OC(=O)c2ccccc2NC(=O)c2ccco2)cc1. The summed E-state index contributed by atoms with van der Waals surface area (Å²) >= 11 is 0. The van der Waals surface area contributed by atoms with E-state index in [4.69, 9.17) is 13.9 Å². The van der Waals surface area contributed by atoms with Crippen molar-refractivity contribution < 1.29 is 28.3 Å². The van der Waals surface area contributed by atoms with E-state index in [9.17, 15) is 14.4 Å². The van der Waals surface area contributed by atoms with Crippen LogP contribution in [0.2, 0.25) is 0 Å². The molecule has 2 N–H and O–H groups in total. The van der Waals surface area contributed by atoms with Crippen molar-refractivity contribution in [2.24, 2.45) is 0 Å². The van der Waals surface area contributed by atoms with Crippen molar-refractivity contribution in [1.29, 1.82) is 0 Å². The lowest BCUT2D eigenvalue weighted by Gasteiger charge is -2.15. The third-order valence-electron chi connectivity index (χ3n) is 4.15. The van der Waals surface area contributed by atoms with Gasteiger partial charge in [-0.1, -0.05) is 12.1 Å². The first kappa shape index (κ1) is 20.7. The summed E-state index contributed by atoms with van der Waals surface area (Å²) in [5.74, 6) is -0.995. The van der Waals surface area contributed by atoms with Crippen LogP contribution in [0.25, 0.3) is 0 Å². The Kier molecular flexibility index (Phi) is 6.49. The molecule has 8 heteroatoms. The van der Waals surface area contributed by atoms with E-state index in [-0.39, 0.29) is 17.0 Å². The summed E-state index contributed by atoms with van der Waals surface area (Å²) in [7, 11) is 1.55. The Morgan fingerprint density at radius 2 is 1.67 bits per heavy atom. The van der Waals surface area contributed by atoms with Gasteiger partial charge in [0.25, 0.3) is 11.8 Å². The second-order valence-electron chi connectivity index (χ2n) is 6.24. The Hall–Kier alpha value is -4.07. The van der Waals surface area contributed by atoms with Crippen molar-refractivity contribution in [3.8, 4) is 5.75 Å². The second-order valence-corrected chi connectivity index (χ2v) is 6.24. The Bertz CT molecular complexity index is 1030. The highest BCUT2D eigenvalue weighted by atomic mass is 16.5. The highest BCUT2D eigenvalue weighted by molar-refractivity contribution is 6.07. The number of rotatable bonds is 7. The fourth-order valence-corrected chi connectivity index (χ4v) is 2.56. The summed E-state index contributed by atoms with van der Waals surface area (Å²) in [5, 5.41) is 5.26. The van der Waals surface area contributed by atoms with E-state index in [0.29, 0.717) is 11.4 Å². The molecule has 0 saturated carbocycles. The predicted octanol–water partition coefficient (Wildman–Crippen LogP) is 3.72. The van der Waals surface area contributed by atoms with Crippen LogP contribution in [0.5, 0.6) is 5.75 Å². The van der Waals surface area contributed by atoms with Gasteiger partial charge in [0.05, 0.1) is 24.6 Å². The lowest BCUT2D eigenvalue weighted by atomic mass is 10.1. The van der Waals surface area contributed by atoms with Crippen LogP contribution in [0.3, 0.4) is 0 Å². The summed E-state index contributed by atoms with van der Waals surface area (Å²) in [6.45, 7) is 1.46. The van der Waals surface area contributed by atoms with Gasteiger partial charge in [0, 0.05) is 5.69 Å². The number of para-hydroxylation sites is 1. The first-order valence-electron chi connectivity index (χ1n) is 9.07. The van der Waals surface area contributed by atoms with Crippen LogP contribution >= 0.6 is 0 Å². The maximum absolute atomic E-state index is 12.6. The normalized spacial score (nSPS) is 11.3. The number of methoxy groups -OCH3 is 1. The zero-order valence-electron chi connectivity index (χ0n) is 16.4. The molecular formula is C22H20N2O6. The van der Waals surface area contributed by atoms with E-state index in [1.54, 1.807) is 55.6 Å². The molecule has 0 fully saturated rings. The quantitative estimate of drug-likeness (QED) is 0.577. The predicted molar refractivity (Wildman–Crippen MR) is 110 cm³/mol. The highest BCUT2D eigenvalue weighted by Crippen LogP contribution is 2.19. The number of carbonyl (C=O) groups excluding carboxylic acids is 3. The molecule has 1 heterocycles. The summed E-state index contributed by atoms with van der Waals surface area (Å²) in [6.07, 6.45) is 0.312. The van der Waals surface area contributed by atoms with E-state index >= 15 is 0 Å². The Balaban J connectivity index is 1.64. The number of benzene rings is 2. The highest BCUT2D eigenvalue weighted by Gasteiger charge is 2.22. The largest absolute Gasteiger partial charge is 0.497 e. The molecule has 154 valence electrons. The molecule has 0 spiro atoms. The molecule has 0 aliphatic rings. The molecule has 2 amide bonds. The lowest BCUT2D eigenvalue weighted by molar-refractivity contribution is -0.123. The van der Waals surface area contributed by atoms with Gasteiger partial charge in [-0.05, 0) is 55.5 Å². The fraction of sp³-hybridized carbons (Fsp3) is 0.136. The number of anilines is 2. The van der Waals surface area contributed by atoms with E-state index in [1.807, 2.05) is 0 Å². The van der Waals surface area contributed by atoms with Crippen LogP contribution < -0.4 is 15.4 Å². The molecule has 0 aliphatic carbocycles. The fourth-order valence-electron chi connectivity index (χ4n) is 2.56. The number of furan rings is 1. The minimum atomic E-state index is -1.06. The van der Waals surface area contributed by atoms with Gasteiger partial charge in [-0.15, -0.1) is 0 Å². The van der Waals surface area contributed by atoms with Crippen molar-refractivity contribution in [2.75, 3.05) is 17.7 Å². The van der Waals surface area contributed by atoms with Crippen molar-refractivity contribution in [3.63, 3.8) is 0 Å². The minimum absolute atomic E-state index is 0.102. The van der Waals surface area contributed by atoms with Crippen molar-refractivity contribution in [2.45, 2.75) is 13.0 Å². The van der Waals surface area contributed by atoms with Gasteiger partial charge < -0.3 is 24.5 Å². The zero-order chi connectivity index (χ0) is 21.5. The van der Waals surface area contributed by atoms with E-state index in [2.05, 4.69) is 10.6 Å². The number of ether oxygens (including phenoxy) is 2. The Morgan fingerprint density at radius 1 is 0.933 bits per heavy atom. The summed E-state index contributed by atoms with van der Waals surface area (Å²) in [6, 6.07) is 16.2. The monoisotopic (exact) mass is 408 g/mol. The maximum atomic E-state index is 12.6. The lowest BCUT2D eigenvalue weighted by Crippen LogP contribution is -2.30. The van der Waals surface area contributed by atoms with E-state index < -0.39 is 23.9 Å². The van der Waals surface area contributed by atoms with Crippen molar-refractivity contribution >= 4 is 29.2 Å². The van der Waals surface area contributed by atoms with E-state index in [1.165, 1.54) is 25.3 Å². The Morgan fingerprint density at radius 3 is 2.33 bits per heavy atom. The van der Waals surface area contributed by atoms with Crippen LogP contribution in [-0.2, 0) is 9.53 Å². The van der Waals surface area contributed by atoms with Crippen molar-refractivity contribution in [1.82, 2.24) is 0 Å². The van der Waals surface area contributed by atoms with Gasteiger partial charge in [0.2, 0.25) is 0 Å². The number of esters is 1. The zero-order valence-corrected chi connectivity index (χ0v) is 16.4. The molecule has 3 aromatic rings. The maximum Gasteiger partial charge on any atom is 0.341 e. The third-order valence-corrected chi connectivity index (χ3v) is 4.15. The van der Waals surface area contributed by atoms with Gasteiger partial charge in [0.1, 0.15) is 5.75 Å². The first-order valence-corrected chi connectivity index (χ1v) is 9.07. The molecule has 1 atom stereocenters. The number of nitrogens with one attached hydrogen (secondary N) is 2. The number of hydrogen-bond donors (Lipinski definition) is 2.